The van der Waals surface area contributed by atoms with E-state index in [0.29, 0.717) is 10.1 Å². The Labute approximate surface area is 185 Å². The van der Waals surface area contributed by atoms with Gasteiger partial charge in [0, 0.05) is 42.6 Å². The number of sulfone groups is 1. The molecule has 1 aromatic heterocycles. The van der Waals surface area contributed by atoms with Crippen LogP contribution in [0.1, 0.15) is 0 Å². The van der Waals surface area contributed by atoms with Crippen molar-refractivity contribution in [1.29, 1.82) is 0 Å². The summed E-state index contributed by atoms with van der Waals surface area (Å²) in [6.45, 7) is 0. The molecule has 3 aromatic rings. The van der Waals surface area contributed by atoms with Crippen molar-refractivity contribution in [3.63, 3.8) is 0 Å². The van der Waals surface area contributed by atoms with E-state index in [1.54, 1.807) is 28.9 Å². The van der Waals surface area contributed by atoms with Gasteiger partial charge in [-0.15, -0.1) is 0 Å². The van der Waals surface area contributed by atoms with Crippen LogP contribution in [0.2, 0.25) is 0 Å². The van der Waals surface area contributed by atoms with Gasteiger partial charge in [0.25, 0.3) is 0 Å². The molecule has 0 fully saturated rings. The number of thioether (sulfide) groups is 1. The van der Waals surface area contributed by atoms with Gasteiger partial charge in [-0.3, -0.25) is 5.21 Å². The summed E-state index contributed by atoms with van der Waals surface area (Å²) in [6.07, 6.45) is 6.82. The van der Waals surface area contributed by atoms with Crippen molar-refractivity contribution in [3.05, 3.63) is 66.9 Å². The molecule has 0 aliphatic heterocycles. The van der Waals surface area contributed by atoms with Crippen LogP contribution in [0.25, 0.3) is 28.6 Å². The molecule has 0 spiro atoms. The number of hydrogen-bond donors (Lipinski definition) is 1. The Morgan fingerprint density at radius 2 is 1.83 bits per heavy atom. The van der Waals surface area contributed by atoms with Crippen molar-refractivity contribution in [2.75, 3.05) is 19.1 Å². The maximum absolute atomic E-state index is 11.8. The van der Waals surface area contributed by atoms with Crippen LogP contribution in [0.15, 0.2) is 71.8 Å². The standard InChI is InChI=1S/C21H21N3O3S3/c1-23(25)21(28)29-14-6-13-24-15-19(20(22-24)17-7-4-3-5-8-17)16-9-11-18(12-10-16)30(2,26)27/h3-13,15,25H,14H2,1-2H3. The second-order valence-corrected chi connectivity index (χ2v) is 10.2. The molecule has 9 heteroatoms. The number of benzene rings is 2. The normalized spacial score (nSPS) is 11.7. The van der Waals surface area contributed by atoms with Crippen molar-refractivity contribution in [2.24, 2.45) is 0 Å². The van der Waals surface area contributed by atoms with Crippen LogP contribution in [0.3, 0.4) is 0 Å². The molecule has 6 nitrogen and oxygen atoms in total. The summed E-state index contributed by atoms with van der Waals surface area (Å²) in [5.74, 6) is 0.586. The van der Waals surface area contributed by atoms with Crippen molar-refractivity contribution in [2.45, 2.75) is 4.90 Å². The maximum atomic E-state index is 11.8. The van der Waals surface area contributed by atoms with Crippen molar-refractivity contribution >= 4 is 44.3 Å². The van der Waals surface area contributed by atoms with E-state index >= 15 is 0 Å². The summed E-state index contributed by atoms with van der Waals surface area (Å²) in [7, 11) is -1.77. The van der Waals surface area contributed by atoms with E-state index in [2.05, 4.69) is 5.10 Å². The molecule has 1 N–H and O–H groups in total. The van der Waals surface area contributed by atoms with Crippen LogP contribution < -0.4 is 0 Å². The molecular weight excluding hydrogens is 438 g/mol. The van der Waals surface area contributed by atoms with Crippen LogP contribution in [0, 0.1) is 0 Å². The van der Waals surface area contributed by atoms with Crippen molar-refractivity contribution in [1.82, 2.24) is 14.8 Å². The lowest BCUT2D eigenvalue weighted by Crippen LogP contribution is -2.17. The Balaban J connectivity index is 1.92. The summed E-state index contributed by atoms with van der Waals surface area (Å²) in [5, 5.41) is 14.9. The topological polar surface area (TPSA) is 75.4 Å². The molecule has 2 aromatic carbocycles. The van der Waals surface area contributed by atoms with Gasteiger partial charge in [0.15, 0.2) is 14.2 Å². The minimum atomic E-state index is -3.25. The van der Waals surface area contributed by atoms with Crippen LogP contribution in [-0.4, -0.2) is 51.8 Å². The van der Waals surface area contributed by atoms with E-state index in [1.807, 2.05) is 48.8 Å². The third kappa shape index (κ3) is 5.57. The molecule has 0 radical (unpaired) electrons. The zero-order chi connectivity index (χ0) is 21.7. The molecule has 3 rings (SSSR count). The SMILES string of the molecule is CN(O)C(=S)SCC=Cn1cc(-c2ccc(S(C)(=O)=O)cc2)c(-c2ccccc2)n1. The second-order valence-electron chi connectivity index (χ2n) is 6.52. The molecule has 0 atom stereocenters. The number of hydroxylamine groups is 2. The molecular formula is C21H21N3O3S3. The molecule has 0 bridgehead atoms. The Morgan fingerprint density at radius 1 is 1.17 bits per heavy atom. The minimum absolute atomic E-state index is 0.279. The molecule has 0 aliphatic carbocycles. The van der Waals surface area contributed by atoms with Gasteiger partial charge in [-0.05, 0) is 17.7 Å². The minimum Gasteiger partial charge on any atom is -0.287 e. The third-order valence-corrected chi connectivity index (χ3v) is 6.81. The highest BCUT2D eigenvalue weighted by molar-refractivity contribution is 8.22. The molecule has 0 amide bonds. The first-order valence-electron chi connectivity index (χ1n) is 8.97. The zero-order valence-electron chi connectivity index (χ0n) is 16.5. The first-order chi connectivity index (χ1) is 14.3. The van der Waals surface area contributed by atoms with Crippen LogP contribution in [0.5, 0.6) is 0 Å². The van der Waals surface area contributed by atoms with Gasteiger partial charge in [-0.1, -0.05) is 72.5 Å². The monoisotopic (exact) mass is 459 g/mol. The van der Waals surface area contributed by atoms with E-state index in [9.17, 15) is 13.6 Å². The lowest BCUT2D eigenvalue weighted by Gasteiger charge is -2.08. The van der Waals surface area contributed by atoms with Crippen LogP contribution in [0.4, 0.5) is 0 Å². The highest BCUT2D eigenvalue weighted by Gasteiger charge is 2.14. The fourth-order valence-corrected chi connectivity index (χ4v) is 4.08. The number of nitrogens with zero attached hydrogens (tertiary/aromatic N) is 3. The summed E-state index contributed by atoms with van der Waals surface area (Å²) >= 11 is 6.37. The Bertz CT molecular complexity index is 1150. The first-order valence-corrected chi connectivity index (χ1v) is 12.3. The van der Waals surface area contributed by atoms with E-state index < -0.39 is 9.84 Å². The van der Waals surface area contributed by atoms with E-state index in [1.165, 1.54) is 25.1 Å². The lowest BCUT2D eigenvalue weighted by molar-refractivity contribution is 0.0205. The van der Waals surface area contributed by atoms with Crippen LogP contribution >= 0.6 is 24.0 Å². The maximum Gasteiger partial charge on any atom is 0.175 e. The highest BCUT2D eigenvalue weighted by atomic mass is 32.2. The Hall–Kier alpha value is -2.46. The Morgan fingerprint density at radius 3 is 2.43 bits per heavy atom. The molecule has 30 heavy (non-hydrogen) atoms. The summed E-state index contributed by atoms with van der Waals surface area (Å²) in [6, 6.07) is 16.6. The number of aromatic nitrogens is 2. The predicted octanol–water partition coefficient (Wildman–Crippen LogP) is 4.43. The molecule has 0 unspecified atom stereocenters. The average molecular weight is 460 g/mol. The molecule has 0 saturated heterocycles. The van der Waals surface area contributed by atoms with E-state index in [-0.39, 0.29) is 4.90 Å². The first kappa shape index (κ1) is 22.2. The van der Waals surface area contributed by atoms with Gasteiger partial charge in [-0.2, -0.15) is 5.10 Å². The zero-order valence-corrected chi connectivity index (χ0v) is 18.9. The molecule has 1 heterocycles. The fourth-order valence-electron chi connectivity index (χ4n) is 2.73. The van der Waals surface area contributed by atoms with E-state index in [4.69, 9.17) is 12.2 Å². The molecule has 0 saturated carbocycles. The van der Waals surface area contributed by atoms with Gasteiger partial charge in [-0.25, -0.2) is 18.2 Å². The van der Waals surface area contributed by atoms with Gasteiger partial charge in [0.05, 0.1) is 4.90 Å². The van der Waals surface area contributed by atoms with Gasteiger partial charge in [0.2, 0.25) is 0 Å². The summed E-state index contributed by atoms with van der Waals surface area (Å²) < 4.78 is 25.6. The van der Waals surface area contributed by atoms with Crippen molar-refractivity contribution < 1.29 is 13.6 Å². The number of thiocarbonyl (C=S) groups is 1. The van der Waals surface area contributed by atoms with Crippen molar-refractivity contribution in [3.8, 4) is 22.4 Å². The molecule has 0 aliphatic rings. The largest absolute Gasteiger partial charge is 0.287 e. The average Bonchev–Trinajstić information content (AvgIpc) is 3.15. The van der Waals surface area contributed by atoms with E-state index in [0.717, 1.165) is 27.4 Å². The number of hydrogen-bond acceptors (Lipinski definition) is 6. The summed E-state index contributed by atoms with van der Waals surface area (Å²) in [5.41, 5.74) is 3.53. The van der Waals surface area contributed by atoms with Gasteiger partial charge < -0.3 is 0 Å². The third-order valence-electron chi connectivity index (χ3n) is 4.20. The number of rotatable bonds is 6. The van der Waals surface area contributed by atoms with Crippen LogP contribution in [-0.2, 0) is 9.84 Å². The van der Waals surface area contributed by atoms with Gasteiger partial charge in [0.1, 0.15) is 5.69 Å². The molecule has 156 valence electrons. The Kier molecular flexibility index (Phi) is 7.09. The summed E-state index contributed by atoms with van der Waals surface area (Å²) in [4.78, 5) is 0.279. The lowest BCUT2D eigenvalue weighted by atomic mass is 10.0. The quantitative estimate of drug-likeness (QED) is 0.432. The predicted molar refractivity (Wildman–Crippen MR) is 126 cm³/mol. The highest BCUT2D eigenvalue weighted by Crippen LogP contribution is 2.31. The van der Waals surface area contributed by atoms with Gasteiger partial charge >= 0.3 is 0 Å². The fraction of sp³-hybridized carbons (Fsp3) is 0.143. The smallest absolute Gasteiger partial charge is 0.175 e. The second kappa shape index (κ2) is 9.57.